The molecule has 0 spiro atoms. The molecule has 1 fully saturated rings. The van der Waals surface area contributed by atoms with Crippen molar-refractivity contribution < 1.29 is 5.21 Å². The number of nitrogens with one attached hydrogen (secondary N) is 1. The number of rotatable bonds is 5. The van der Waals surface area contributed by atoms with E-state index >= 15 is 0 Å². The van der Waals surface area contributed by atoms with Gasteiger partial charge in [-0.3, -0.25) is 4.99 Å². The fourth-order valence-corrected chi connectivity index (χ4v) is 3.65. The van der Waals surface area contributed by atoms with Crippen molar-refractivity contribution in [1.29, 1.82) is 0 Å². The van der Waals surface area contributed by atoms with Crippen molar-refractivity contribution in [2.24, 2.45) is 4.99 Å². The molecule has 5 nitrogen and oxygen atoms in total. The average molecular weight is 354 g/mol. The molecule has 1 heterocycles. The number of aromatic nitrogens is 1. The lowest BCUT2D eigenvalue weighted by Crippen LogP contribution is -2.34. The van der Waals surface area contributed by atoms with Crippen molar-refractivity contribution in [3.05, 3.63) is 59.2 Å². The van der Waals surface area contributed by atoms with Crippen molar-refractivity contribution in [3.63, 3.8) is 0 Å². The predicted molar refractivity (Wildman–Crippen MR) is 106 cm³/mol. The first-order valence-electron chi connectivity index (χ1n) is 9.44. The van der Waals surface area contributed by atoms with E-state index in [0.717, 1.165) is 48.2 Å². The first-order chi connectivity index (χ1) is 12.5. The van der Waals surface area contributed by atoms with Gasteiger partial charge >= 0.3 is 0 Å². The Labute approximate surface area is 156 Å². The summed E-state index contributed by atoms with van der Waals surface area (Å²) in [5.41, 5.74) is 4.09. The van der Waals surface area contributed by atoms with Gasteiger partial charge in [0, 0.05) is 38.4 Å². The van der Waals surface area contributed by atoms with Gasteiger partial charge in [0.1, 0.15) is 0 Å². The highest BCUT2D eigenvalue weighted by molar-refractivity contribution is 5.49. The SMILES string of the molecule is Cc1cn(O)c(=NC2CCC(NCc3ccccc3)CC2)cc1N(C)C. The number of nitrogens with zero attached hydrogens (tertiary/aromatic N) is 3. The molecule has 0 atom stereocenters. The van der Waals surface area contributed by atoms with Crippen LogP contribution >= 0.6 is 0 Å². The Bertz CT molecular complexity index is 774. The second kappa shape index (κ2) is 8.41. The van der Waals surface area contributed by atoms with Crippen LogP contribution in [0.25, 0.3) is 0 Å². The highest BCUT2D eigenvalue weighted by atomic mass is 16.5. The molecule has 0 unspecified atom stereocenters. The topological polar surface area (TPSA) is 52.8 Å². The maximum Gasteiger partial charge on any atom is 0.165 e. The summed E-state index contributed by atoms with van der Waals surface area (Å²) < 4.78 is 1.15. The van der Waals surface area contributed by atoms with Crippen LogP contribution in [0, 0.1) is 6.92 Å². The van der Waals surface area contributed by atoms with Crippen molar-refractivity contribution in [3.8, 4) is 0 Å². The normalized spacial score (nSPS) is 21.0. The molecule has 26 heavy (non-hydrogen) atoms. The van der Waals surface area contributed by atoms with E-state index in [2.05, 4.69) is 40.5 Å². The summed E-state index contributed by atoms with van der Waals surface area (Å²) in [6, 6.07) is 13.3. The van der Waals surface area contributed by atoms with Gasteiger partial charge in [-0.05, 0) is 43.7 Å². The van der Waals surface area contributed by atoms with Crippen LogP contribution in [0.2, 0.25) is 0 Å². The molecule has 0 amide bonds. The third-order valence-electron chi connectivity index (χ3n) is 5.15. The van der Waals surface area contributed by atoms with Crippen LogP contribution in [-0.4, -0.2) is 36.1 Å². The highest BCUT2D eigenvalue weighted by Crippen LogP contribution is 2.21. The van der Waals surface area contributed by atoms with E-state index in [-0.39, 0.29) is 6.04 Å². The first kappa shape index (κ1) is 18.5. The van der Waals surface area contributed by atoms with E-state index in [9.17, 15) is 5.21 Å². The summed E-state index contributed by atoms with van der Waals surface area (Å²) in [4.78, 5) is 6.87. The molecule has 3 rings (SSSR count). The lowest BCUT2D eigenvalue weighted by Gasteiger charge is -2.27. The Morgan fingerprint density at radius 2 is 1.85 bits per heavy atom. The monoisotopic (exact) mass is 354 g/mol. The second-order valence-electron chi connectivity index (χ2n) is 7.44. The van der Waals surface area contributed by atoms with Crippen LogP contribution in [0.1, 0.15) is 36.8 Å². The van der Waals surface area contributed by atoms with Gasteiger partial charge in [-0.1, -0.05) is 30.3 Å². The summed E-state index contributed by atoms with van der Waals surface area (Å²) in [5, 5.41) is 13.8. The van der Waals surface area contributed by atoms with Crippen LogP contribution in [-0.2, 0) is 6.54 Å². The molecule has 5 heteroatoms. The van der Waals surface area contributed by atoms with Crippen molar-refractivity contribution in [2.75, 3.05) is 19.0 Å². The molecule has 2 aromatic rings. The number of benzene rings is 1. The predicted octanol–water partition coefficient (Wildman–Crippen LogP) is 3.10. The van der Waals surface area contributed by atoms with Crippen LogP contribution in [0.15, 0.2) is 47.6 Å². The first-order valence-corrected chi connectivity index (χ1v) is 9.44. The average Bonchev–Trinajstić information content (AvgIpc) is 2.64. The van der Waals surface area contributed by atoms with Crippen molar-refractivity contribution in [1.82, 2.24) is 10.0 Å². The molecule has 1 aliphatic rings. The lowest BCUT2D eigenvalue weighted by molar-refractivity contribution is 0.169. The Kier molecular flexibility index (Phi) is 5.99. The molecule has 140 valence electrons. The zero-order chi connectivity index (χ0) is 18.5. The molecular weight excluding hydrogens is 324 g/mol. The van der Waals surface area contributed by atoms with Gasteiger partial charge in [0.15, 0.2) is 5.49 Å². The summed E-state index contributed by atoms with van der Waals surface area (Å²) in [5.74, 6) is 0. The van der Waals surface area contributed by atoms with Crippen molar-refractivity contribution >= 4 is 5.69 Å². The number of pyridine rings is 1. The smallest absolute Gasteiger partial charge is 0.165 e. The van der Waals surface area contributed by atoms with Crippen LogP contribution in [0.3, 0.4) is 0 Å². The Balaban J connectivity index is 1.60. The number of aryl methyl sites for hydroxylation is 1. The molecule has 1 aromatic heterocycles. The second-order valence-corrected chi connectivity index (χ2v) is 7.44. The maximum atomic E-state index is 10.2. The third kappa shape index (κ3) is 4.67. The van der Waals surface area contributed by atoms with Crippen molar-refractivity contribution in [2.45, 2.75) is 51.2 Å². The standard InChI is InChI=1S/C21H30N4O/c1-16-15-25(26)21(13-20(16)24(2)3)23-19-11-9-18(10-12-19)22-14-17-7-5-4-6-8-17/h4-8,13,15,18-19,22,26H,9-12,14H2,1-3H3. The highest BCUT2D eigenvalue weighted by Gasteiger charge is 2.20. The lowest BCUT2D eigenvalue weighted by atomic mass is 9.91. The molecule has 0 aliphatic heterocycles. The summed E-state index contributed by atoms with van der Waals surface area (Å²) in [6.45, 7) is 2.92. The van der Waals surface area contributed by atoms with Gasteiger partial charge < -0.3 is 15.4 Å². The van der Waals surface area contributed by atoms with Gasteiger partial charge in [-0.15, -0.1) is 0 Å². The zero-order valence-electron chi connectivity index (χ0n) is 16.0. The van der Waals surface area contributed by atoms with Gasteiger partial charge in [0.05, 0.1) is 12.2 Å². The third-order valence-corrected chi connectivity index (χ3v) is 5.15. The van der Waals surface area contributed by atoms with Crippen LogP contribution < -0.4 is 15.7 Å². The molecule has 2 N–H and O–H groups in total. The molecular formula is C21H30N4O. The number of anilines is 1. The van der Waals surface area contributed by atoms with Crippen LogP contribution in [0.4, 0.5) is 5.69 Å². The largest absolute Gasteiger partial charge is 0.427 e. The molecule has 0 bridgehead atoms. The van der Waals surface area contributed by atoms with E-state index in [4.69, 9.17) is 4.99 Å². The molecule has 0 saturated heterocycles. The minimum absolute atomic E-state index is 0.279. The fraction of sp³-hybridized carbons (Fsp3) is 0.476. The Hall–Kier alpha value is -2.27. The van der Waals surface area contributed by atoms with E-state index in [1.165, 1.54) is 5.56 Å². The minimum atomic E-state index is 0.279. The summed E-state index contributed by atoms with van der Waals surface area (Å²) >= 11 is 0. The Morgan fingerprint density at radius 1 is 1.15 bits per heavy atom. The quantitative estimate of drug-likeness (QED) is 0.811. The van der Waals surface area contributed by atoms with E-state index in [1.54, 1.807) is 6.20 Å². The Morgan fingerprint density at radius 3 is 2.50 bits per heavy atom. The summed E-state index contributed by atoms with van der Waals surface area (Å²) in [7, 11) is 4.02. The van der Waals surface area contributed by atoms with E-state index < -0.39 is 0 Å². The van der Waals surface area contributed by atoms with E-state index in [0.29, 0.717) is 11.5 Å². The number of hydrogen-bond donors (Lipinski definition) is 2. The van der Waals surface area contributed by atoms with Gasteiger partial charge in [0.2, 0.25) is 0 Å². The number of hydrogen-bond acceptors (Lipinski definition) is 4. The summed E-state index contributed by atoms with van der Waals surface area (Å²) in [6.07, 6.45) is 6.09. The molecule has 0 radical (unpaired) electrons. The van der Waals surface area contributed by atoms with Gasteiger partial charge in [-0.25, -0.2) is 0 Å². The maximum absolute atomic E-state index is 10.2. The minimum Gasteiger partial charge on any atom is -0.427 e. The van der Waals surface area contributed by atoms with Gasteiger partial charge in [0.25, 0.3) is 0 Å². The molecule has 1 aromatic carbocycles. The zero-order valence-corrected chi connectivity index (χ0v) is 16.0. The van der Waals surface area contributed by atoms with Crippen LogP contribution in [0.5, 0.6) is 0 Å². The van der Waals surface area contributed by atoms with E-state index in [1.807, 2.05) is 27.1 Å². The molecule has 1 aliphatic carbocycles. The molecule has 1 saturated carbocycles. The fourth-order valence-electron chi connectivity index (χ4n) is 3.65. The van der Waals surface area contributed by atoms with Gasteiger partial charge in [-0.2, -0.15) is 4.73 Å².